The van der Waals surface area contributed by atoms with Crippen molar-refractivity contribution in [3.63, 3.8) is 0 Å². The lowest BCUT2D eigenvalue weighted by molar-refractivity contribution is -0.141. The van der Waals surface area contributed by atoms with Crippen molar-refractivity contribution < 1.29 is 9.59 Å². The standard InChI is InChI=1S/C28H37ClN2O2S/c1-3-26(28(33)30-24-11-5-4-6-12-24)31(20-22-10-7-9-21(2)19-22)27(32)13-8-18-34-25-16-14-23(29)15-17-25/h7,9-10,14-17,19,24,26H,3-6,8,11-13,18,20H2,1-2H3,(H,30,33)/t26-/m1/s1. The Morgan fingerprint density at radius 2 is 1.85 bits per heavy atom. The van der Waals surface area contributed by atoms with Crippen molar-refractivity contribution in [2.24, 2.45) is 0 Å². The number of nitrogens with one attached hydrogen (secondary N) is 1. The summed E-state index contributed by atoms with van der Waals surface area (Å²) in [5.41, 5.74) is 2.22. The summed E-state index contributed by atoms with van der Waals surface area (Å²) < 4.78 is 0. The molecule has 0 aromatic heterocycles. The zero-order valence-corrected chi connectivity index (χ0v) is 22.0. The number of carbonyl (C=O) groups is 2. The average molecular weight is 501 g/mol. The Morgan fingerprint density at radius 3 is 2.53 bits per heavy atom. The highest BCUT2D eigenvalue weighted by molar-refractivity contribution is 7.99. The zero-order valence-electron chi connectivity index (χ0n) is 20.4. The van der Waals surface area contributed by atoms with E-state index in [1.54, 1.807) is 16.7 Å². The lowest BCUT2D eigenvalue weighted by Crippen LogP contribution is -2.51. The predicted molar refractivity (Wildman–Crippen MR) is 142 cm³/mol. The molecule has 1 saturated carbocycles. The van der Waals surface area contributed by atoms with Gasteiger partial charge in [0.25, 0.3) is 0 Å². The second-order valence-corrected chi connectivity index (χ2v) is 10.8. The molecule has 1 aliphatic carbocycles. The number of aryl methyl sites for hydroxylation is 1. The first-order valence-electron chi connectivity index (χ1n) is 12.5. The highest BCUT2D eigenvalue weighted by atomic mass is 35.5. The number of halogens is 1. The van der Waals surface area contributed by atoms with Crippen LogP contribution in [0.15, 0.2) is 53.4 Å². The molecule has 0 bridgehead atoms. The summed E-state index contributed by atoms with van der Waals surface area (Å²) >= 11 is 7.69. The van der Waals surface area contributed by atoms with E-state index in [-0.39, 0.29) is 17.9 Å². The maximum absolute atomic E-state index is 13.4. The van der Waals surface area contributed by atoms with E-state index in [1.807, 2.05) is 43.3 Å². The van der Waals surface area contributed by atoms with Gasteiger partial charge in [-0.25, -0.2) is 0 Å². The Kier molecular flexibility index (Phi) is 10.8. The van der Waals surface area contributed by atoms with Gasteiger partial charge in [-0.05, 0) is 68.2 Å². The van der Waals surface area contributed by atoms with Gasteiger partial charge in [-0.2, -0.15) is 0 Å². The third kappa shape index (κ3) is 8.35. The SMILES string of the molecule is CC[C@H](C(=O)NC1CCCCC1)N(Cc1cccc(C)c1)C(=O)CCCSc1ccc(Cl)cc1. The number of hydrogen-bond acceptors (Lipinski definition) is 3. The van der Waals surface area contributed by atoms with Gasteiger partial charge in [0.15, 0.2) is 0 Å². The van der Waals surface area contributed by atoms with Crippen LogP contribution in [0.5, 0.6) is 0 Å². The third-order valence-electron chi connectivity index (χ3n) is 6.39. The molecule has 0 saturated heterocycles. The van der Waals surface area contributed by atoms with Gasteiger partial charge in [0, 0.05) is 28.9 Å². The van der Waals surface area contributed by atoms with E-state index in [4.69, 9.17) is 11.6 Å². The number of benzene rings is 2. The van der Waals surface area contributed by atoms with Gasteiger partial charge in [0.2, 0.25) is 11.8 Å². The van der Waals surface area contributed by atoms with Crippen LogP contribution in [-0.4, -0.2) is 34.6 Å². The summed E-state index contributed by atoms with van der Waals surface area (Å²) in [6, 6.07) is 15.8. The lowest BCUT2D eigenvalue weighted by Gasteiger charge is -2.33. The highest BCUT2D eigenvalue weighted by Crippen LogP contribution is 2.23. The fourth-order valence-electron chi connectivity index (χ4n) is 4.56. The van der Waals surface area contributed by atoms with E-state index in [0.29, 0.717) is 19.4 Å². The van der Waals surface area contributed by atoms with Crippen molar-refractivity contribution in [3.05, 3.63) is 64.7 Å². The molecule has 6 heteroatoms. The molecule has 1 aliphatic rings. The highest BCUT2D eigenvalue weighted by Gasteiger charge is 2.30. The zero-order chi connectivity index (χ0) is 24.3. The molecule has 1 atom stereocenters. The molecular weight excluding hydrogens is 464 g/mol. The van der Waals surface area contributed by atoms with Crippen LogP contribution in [0.2, 0.25) is 5.02 Å². The van der Waals surface area contributed by atoms with Crippen LogP contribution in [0.1, 0.15) is 69.4 Å². The van der Waals surface area contributed by atoms with Crippen LogP contribution in [0.25, 0.3) is 0 Å². The lowest BCUT2D eigenvalue weighted by atomic mass is 9.95. The van der Waals surface area contributed by atoms with Crippen molar-refractivity contribution in [3.8, 4) is 0 Å². The maximum Gasteiger partial charge on any atom is 0.243 e. The molecule has 184 valence electrons. The first kappa shape index (κ1) is 26.6. The van der Waals surface area contributed by atoms with Crippen molar-refractivity contribution in [2.45, 2.75) is 88.7 Å². The molecule has 0 radical (unpaired) electrons. The van der Waals surface area contributed by atoms with Crippen molar-refractivity contribution in [1.82, 2.24) is 10.2 Å². The smallest absolute Gasteiger partial charge is 0.243 e. The quantitative estimate of drug-likeness (QED) is 0.273. The van der Waals surface area contributed by atoms with E-state index < -0.39 is 6.04 Å². The average Bonchev–Trinajstić information content (AvgIpc) is 2.83. The molecule has 34 heavy (non-hydrogen) atoms. The first-order valence-corrected chi connectivity index (χ1v) is 13.9. The van der Waals surface area contributed by atoms with Gasteiger partial charge >= 0.3 is 0 Å². The van der Waals surface area contributed by atoms with Gasteiger partial charge in [0.05, 0.1) is 0 Å². The van der Waals surface area contributed by atoms with Gasteiger partial charge in [-0.15, -0.1) is 11.8 Å². The number of thioether (sulfide) groups is 1. The van der Waals surface area contributed by atoms with Gasteiger partial charge < -0.3 is 10.2 Å². The summed E-state index contributed by atoms with van der Waals surface area (Å²) in [7, 11) is 0. The summed E-state index contributed by atoms with van der Waals surface area (Å²) in [6.07, 6.45) is 7.45. The minimum Gasteiger partial charge on any atom is -0.352 e. The van der Waals surface area contributed by atoms with Crippen molar-refractivity contribution in [1.29, 1.82) is 0 Å². The molecule has 4 nitrogen and oxygen atoms in total. The Balaban J connectivity index is 1.64. The molecule has 3 rings (SSSR count). The summed E-state index contributed by atoms with van der Waals surface area (Å²) in [4.78, 5) is 29.6. The van der Waals surface area contributed by atoms with Crippen LogP contribution in [0.4, 0.5) is 0 Å². The normalized spacial score (nSPS) is 15.0. The predicted octanol–water partition coefficient (Wildman–Crippen LogP) is 6.78. The topological polar surface area (TPSA) is 49.4 Å². The summed E-state index contributed by atoms with van der Waals surface area (Å²) in [5, 5.41) is 3.97. The Labute approximate surface area is 213 Å². The minimum absolute atomic E-state index is 0.00839. The number of rotatable bonds is 11. The molecule has 0 aliphatic heterocycles. The molecule has 2 amide bonds. The van der Waals surface area contributed by atoms with E-state index in [0.717, 1.165) is 46.1 Å². The molecular formula is C28H37ClN2O2S. The molecule has 1 N–H and O–H groups in total. The maximum atomic E-state index is 13.4. The molecule has 0 unspecified atom stereocenters. The number of amides is 2. The van der Waals surface area contributed by atoms with E-state index in [9.17, 15) is 9.59 Å². The van der Waals surface area contributed by atoms with E-state index in [1.165, 1.54) is 19.3 Å². The molecule has 2 aromatic rings. The van der Waals surface area contributed by atoms with Gasteiger partial charge in [0.1, 0.15) is 6.04 Å². The van der Waals surface area contributed by atoms with Crippen LogP contribution >= 0.6 is 23.4 Å². The third-order valence-corrected chi connectivity index (χ3v) is 7.74. The van der Waals surface area contributed by atoms with Crippen molar-refractivity contribution >= 4 is 35.2 Å². The molecule has 0 heterocycles. The van der Waals surface area contributed by atoms with Gasteiger partial charge in [-0.3, -0.25) is 9.59 Å². The van der Waals surface area contributed by atoms with Crippen LogP contribution in [0.3, 0.4) is 0 Å². The number of carbonyl (C=O) groups excluding carboxylic acids is 2. The fourth-order valence-corrected chi connectivity index (χ4v) is 5.54. The Bertz CT molecular complexity index is 928. The van der Waals surface area contributed by atoms with Crippen LogP contribution in [-0.2, 0) is 16.1 Å². The summed E-state index contributed by atoms with van der Waals surface area (Å²) in [6.45, 7) is 4.51. The minimum atomic E-state index is -0.446. The van der Waals surface area contributed by atoms with E-state index in [2.05, 4.69) is 24.4 Å². The molecule has 1 fully saturated rings. The molecule has 2 aromatic carbocycles. The van der Waals surface area contributed by atoms with Crippen LogP contribution in [0, 0.1) is 6.92 Å². The Hall–Kier alpha value is -1.98. The van der Waals surface area contributed by atoms with Gasteiger partial charge in [-0.1, -0.05) is 67.6 Å². The molecule has 0 spiro atoms. The summed E-state index contributed by atoms with van der Waals surface area (Å²) in [5.74, 6) is 0.881. The Morgan fingerprint density at radius 1 is 1.12 bits per heavy atom. The van der Waals surface area contributed by atoms with Crippen LogP contribution < -0.4 is 5.32 Å². The van der Waals surface area contributed by atoms with E-state index >= 15 is 0 Å². The second kappa shape index (κ2) is 13.8. The number of hydrogen-bond donors (Lipinski definition) is 1. The van der Waals surface area contributed by atoms with Crippen molar-refractivity contribution in [2.75, 3.05) is 5.75 Å². The number of nitrogens with zero attached hydrogens (tertiary/aromatic N) is 1. The monoisotopic (exact) mass is 500 g/mol. The first-order chi connectivity index (χ1) is 16.5. The largest absolute Gasteiger partial charge is 0.352 e. The fraction of sp³-hybridized carbons (Fsp3) is 0.500. The second-order valence-electron chi connectivity index (χ2n) is 9.18.